The number of aromatic nitrogens is 6. The summed E-state index contributed by atoms with van der Waals surface area (Å²) >= 11 is 0. The number of nitrogens with one attached hydrogen (secondary N) is 2. The van der Waals surface area contributed by atoms with Crippen LogP contribution in [0.1, 0.15) is 0 Å². The second kappa shape index (κ2) is 16.7. The maximum atomic E-state index is 5.90. The van der Waals surface area contributed by atoms with Gasteiger partial charge in [-0.05, 0) is 121 Å². The van der Waals surface area contributed by atoms with Crippen LogP contribution in [0.3, 0.4) is 0 Å². The van der Waals surface area contributed by atoms with Gasteiger partial charge in [0, 0.05) is 23.8 Å². The average molecular weight is 715 g/mol. The summed E-state index contributed by atoms with van der Waals surface area (Å²) in [5, 5.41) is 6.49. The topological polar surface area (TPSA) is 111 Å². The van der Waals surface area contributed by atoms with E-state index in [1.165, 1.54) is 0 Å². The van der Waals surface area contributed by atoms with Crippen LogP contribution >= 0.6 is 0 Å². The van der Waals surface area contributed by atoms with Crippen molar-refractivity contribution in [3.05, 3.63) is 194 Å². The van der Waals surface area contributed by atoms with Crippen molar-refractivity contribution in [2.75, 3.05) is 10.6 Å². The minimum absolute atomic E-state index is 0.770. The van der Waals surface area contributed by atoms with E-state index in [1.54, 1.807) is 12.4 Å². The van der Waals surface area contributed by atoms with Gasteiger partial charge in [-0.15, -0.1) is 0 Å². The van der Waals surface area contributed by atoms with Gasteiger partial charge in [0.2, 0.25) is 0 Å². The van der Waals surface area contributed by atoms with E-state index in [2.05, 4.69) is 40.5 Å². The van der Waals surface area contributed by atoms with Crippen molar-refractivity contribution in [3.8, 4) is 11.5 Å². The number of benzene rings is 6. The van der Waals surface area contributed by atoms with E-state index in [-0.39, 0.29) is 0 Å². The highest BCUT2D eigenvalue weighted by Gasteiger charge is 2.02. The van der Waals surface area contributed by atoms with Crippen LogP contribution in [-0.4, -0.2) is 29.9 Å². The van der Waals surface area contributed by atoms with Gasteiger partial charge in [0.25, 0.3) is 0 Å². The Bertz CT molecular complexity index is 2380. The summed E-state index contributed by atoms with van der Waals surface area (Å²) in [6, 6.07) is 58.7. The standard InChI is InChI=1S/C22H18N4O.2C12H8N2/c1-3-15-23-21(5-1)25-17-7-11-19(12-8-17)27-20-13-9-18(10-14-20)26-22-6-2-4-16-24-22;2*1-2-6-10-9(5-1)13-11-7-3-4-8-12(11)14-10/h1-16H,(H,23,25)(H,24,26);2*1-8H. The molecule has 6 aromatic carbocycles. The summed E-state index contributed by atoms with van der Waals surface area (Å²) in [7, 11) is 0. The van der Waals surface area contributed by atoms with Crippen LogP contribution in [0.5, 0.6) is 11.5 Å². The first-order valence-electron chi connectivity index (χ1n) is 17.7. The number of rotatable bonds is 6. The molecule has 4 heterocycles. The zero-order valence-electron chi connectivity index (χ0n) is 29.6. The van der Waals surface area contributed by atoms with Crippen LogP contribution in [0.4, 0.5) is 23.0 Å². The SMILES string of the molecule is c1ccc(Nc2ccc(Oc3ccc(Nc4ccccn4)cc3)cc2)nc1.c1ccc2nc3ccccc3nc2c1.c1ccc2nc3ccccc3nc2c1. The molecule has 264 valence electrons. The minimum Gasteiger partial charge on any atom is -0.457 e. The highest BCUT2D eigenvalue weighted by atomic mass is 16.5. The van der Waals surface area contributed by atoms with Gasteiger partial charge in [0.15, 0.2) is 0 Å². The van der Waals surface area contributed by atoms with Gasteiger partial charge in [-0.1, -0.05) is 60.7 Å². The normalized spacial score (nSPS) is 10.5. The Morgan fingerprint density at radius 2 is 0.564 bits per heavy atom. The molecular formula is C46H34N8O. The smallest absolute Gasteiger partial charge is 0.130 e. The maximum absolute atomic E-state index is 5.90. The Morgan fingerprint density at radius 1 is 0.291 bits per heavy atom. The zero-order valence-corrected chi connectivity index (χ0v) is 29.6. The van der Waals surface area contributed by atoms with Crippen LogP contribution < -0.4 is 15.4 Å². The Hall–Kier alpha value is -7.78. The molecule has 10 aromatic rings. The van der Waals surface area contributed by atoms with Crippen molar-refractivity contribution in [3.63, 3.8) is 0 Å². The molecule has 0 saturated carbocycles. The molecule has 0 spiro atoms. The number of nitrogens with zero attached hydrogens (tertiary/aromatic N) is 6. The van der Waals surface area contributed by atoms with Gasteiger partial charge in [0.05, 0.1) is 44.1 Å². The molecule has 0 aliphatic heterocycles. The lowest BCUT2D eigenvalue weighted by molar-refractivity contribution is 0.483. The number of fused-ring (bicyclic) bond motifs is 4. The molecule has 9 nitrogen and oxygen atoms in total. The van der Waals surface area contributed by atoms with Crippen molar-refractivity contribution >= 4 is 67.1 Å². The summed E-state index contributed by atoms with van der Waals surface area (Å²) in [6.45, 7) is 0. The lowest BCUT2D eigenvalue weighted by Gasteiger charge is -2.09. The number of anilines is 4. The third-order valence-corrected chi connectivity index (χ3v) is 8.31. The van der Waals surface area contributed by atoms with E-state index in [0.29, 0.717) is 0 Å². The van der Waals surface area contributed by atoms with E-state index in [9.17, 15) is 0 Å². The molecule has 55 heavy (non-hydrogen) atoms. The molecule has 4 aromatic heterocycles. The first-order valence-corrected chi connectivity index (χ1v) is 17.7. The van der Waals surface area contributed by atoms with Gasteiger partial charge in [-0.3, -0.25) is 0 Å². The molecular weight excluding hydrogens is 681 g/mol. The molecule has 9 heteroatoms. The number of hydrogen-bond acceptors (Lipinski definition) is 9. The molecule has 0 saturated heterocycles. The molecule has 0 aliphatic rings. The van der Waals surface area contributed by atoms with Crippen molar-refractivity contribution in [2.24, 2.45) is 0 Å². The fourth-order valence-electron chi connectivity index (χ4n) is 5.65. The Morgan fingerprint density at radius 3 is 0.818 bits per heavy atom. The maximum Gasteiger partial charge on any atom is 0.130 e. The van der Waals surface area contributed by atoms with Crippen molar-refractivity contribution in [1.82, 2.24) is 29.9 Å². The number of para-hydroxylation sites is 8. The predicted octanol–water partition coefficient (Wildman–Crippen LogP) is 11.3. The first-order chi connectivity index (χ1) is 27.2. The Kier molecular flexibility index (Phi) is 10.4. The zero-order chi connectivity index (χ0) is 37.1. The summed E-state index contributed by atoms with van der Waals surface area (Å²) in [5.41, 5.74) is 9.51. The first kappa shape index (κ1) is 34.3. The molecule has 0 fully saturated rings. The number of hydrogen-bond donors (Lipinski definition) is 2. The quantitative estimate of drug-likeness (QED) is 0.163. The van der Waals surface area contributed by atoms with E-state index in [4.69, 9.17) is 4.74 Å². The largest absolute Gasteiger partial charge is 0.457 e. The molecule has 0 unspecified atom stereocenters. The lowest BCUT2D eigenvalue weighted by Crippen LogP contribution is -1.93. The summed E-state index contributed by atoms with van der Waals surface area (Å²) in [4.78, 5) is 26.6. The molecule has 0 radical (unpaired) electrons. The summed E-state index contributed by atoms with van der Waals surface area (Å²) in [5.74, 6) is 3.16. The third kappa shape index (κ3) is 9.00. The van der Waals surface area contributed by atoms with Gasteiger partial charge in [-0.2, -0.15) is 0 Å². The monoisotopic (exact) mass is 714 g/mol. The molecule has 0 amide bonds. The second-order valence-corrected chi connectivity index (χ2v) is 12.2. The molecule has 0 aliphatic carbocycles. The third-order valence-electron chi connectivity index (χ3n) is 8.31. The highest BCUT2D eigenvalue weighted by Crippen LogP contribution is 2.26. The number of pyridine rings is 2. The van der Waals surface area contributed by atoms with E-state index in [1.807, 2.05) is 182 Å². The number of ether oxygens (including phenoxy) is 1. The van der Waals surface area contributed by atoms with Crippen molar-refractivity contribution in [1.29, 1.82) is 0 Å². The van der Waals surface area contributed by atoms with Crippen LogP contribution in [0.2, 0.25) is 0 Å². The fourth-order valence-corrected chi connectivity index (χ4v) is 5.65. The lowest BCUT2D eigenvalue weighted by atomic mass is 10.2. The van der Waals surface area contributed by atoms with E-state index < -0.39 is 0 Å². The van der Waals surface area contributed by atoms with Gasteiger partial charge >= 0.3 is 0 Å². The molecule has 0 bridgehead atoms. The average Bonchev–Trinajstić information content (AvgIpc) is 3.25. The van der Waals surface area contributed by atoms with Crippen LogP contribution in [0.15, 0.2) is 194 Å². The van der Waals surface area contributed by atoms with Crippen molar-refractivity contribution in [2.45, 2.75) is 0 Å². The van der Waals surface area contributed by atoms with Gasteiger partial charge < -0.3 is 15.4 Å². The van der Waals surface area contributed by atoms with Crippen LogP contribution in [-0.2, 0) is 0 Å². The second-order valence-electron chi connectivity index (χ2n) is 12.2. The summed E-state index contributed by atoms with van der Waals surface area (Å²) in [6.07, 6.45) is 3.51. The molecule has 10 rings (SSSR count). The minimum atomic E-state index is 0.770. The fraction of sp³-hybridized carbons (Fsp3) is 0. The van der Waals surface area contributed by atoms with Gasteiger partial charge in [-0.25, -0.2) is 29.9 Å². The van der Waals surface area contributed by atoms with E-state index >= 15 is 0 Å². The molecule has 2 N–H and O–H groups in total. The van der Waals surface area contributed by atoms with E-state index in [0.717, 1.165) is 78.6 Å². The predicted molar refractivity (Wildman–Crippen MR) is 222 cm³/mol. The Balaban J connectivity index is 0.000000128. The van der Waals surface area contributed by atoms with Crippen LogP contribution in [0.25, 0.3) is 44.1 Å². The Labute approximate surface area is 317 Å². The van der Waals surface area contributed by atoms with Crippen LogP contribution in [0, 0.1) is 0 Å². The molecule has 0 atom stereocenters. The van der Waals surface area contributed by atoms with Crippen molar-refractivity contribution < 1.29 is 4.74 Å². The highest BCUT2D eigenvalue weighted by molar-refractivity contribution is 5.86. The van der Waals surface area contributed by atoms with Gasteiger partial charge in [0.1, 0.15) is 23.1 Å². The summed E-state index contributed by atoms with van der Waals surface area (Å²) < 4.78 is 5.90.